The lowest BCUT2D eigenvalue weighted by atomic mass is 9.97. The first-order valence-electron chi connectivity index (χ1n) is 6.03. The Balaban J connectivity index is 2.26. The Hall–Kier alpha value is -1.24. The molecular weight excluding hydrogens is 236 g/mol. The van der Waals surface area contributed by atoms with Gasteiger partial charge < -0.3 is 14.9 Å². The lowest BCUT2D eigenvalue weighted by Gasteiger charge is -2.37. The van der Waals surface area contributed by atoms with E-state index in [1.807, 2.05) is 6.92 Å². The summed E-state index contributed by atoms with van der Waals surface area (Å²) in [5.41, 5.74) is 0.319. The van der Waals surface area contributed by atoms with Crippen molar-refractivity contribution < 1.29 is 14.9 Å². The zero-order valence-electron chi connectivity index (χ0n) is 10.5. The molecule has 0 aliphatic carbocycles. The Morgan fingerprint density at radius 1 is 1.61 bits per heavy atom. The predicted octanol–water partition coefficient (Wildman–Crippen LogP) is -0.377. The molecule has 6 nitrogen and oxygen atoms in total. The summed E-state index contributed by atoms with van der Waals surface area (Å²) in [7, 11) is 0. The maximum atomic E-state index is 11.8. The molecule has 0 saturated carbocycles. The normalized spacial score (nSPS) is 32.4. The van der Waals surface area contributed by atoms with Crippen molar-refractivity contribution in [3.8, 4) is 0 Å². The highest BCUT2D eigenvalue weighted by atomic mass is 16.5. The molecule has 1 aromatic rings. The van der Waals surface area contributed by atoms with Crippen molar-refractivity contribution in [3.63, 3.8) is 0 Å². The van der Waals surface area contributed by atoms with Gasteiger partial charge in [-0.05, 0) is 26.3 Å². The molecule has 6 heteroatoms. The molecule has 0 amide bonds. The lowest BCUT2D eigenvalue weighted by Crippen LogP contribution is -2.47. The second-order valence-electron chi connectivity index (χ2n) is 4.69. The first-order chi connectivity index (χ1) is 8.52. The van der Waals surface area contributed by atoms with Gasteiger partial charge in [-0.2, -0.15) is 4.98 Å². The van der Waals surface area contributed by atoms with E-state index in [9.17, 15) is 9.90 Å². The Morgan fingerprint density at radius 2 is 2.33 bits per heavy atom. The van der Waals surface area contributed by atoms with Gasteiger partial charge in [-0.15, -0.1) is 0 Å². The smallest absolute Gasteiger partial charge is 0.348 e. The molecular formula is C12H18N2O4. The molecule has 4 unspecified atom stereocenters. The summed E-state index contributed by atoms with van der Waals surface area (Å²) in [5, 5.41) is 18.9. The number of aliphatic hydroxyl groups is 2. The van der Waals surface area contributed by atoms with E-state index < -0.39 is 12.2 Å². The molecule has 2 heterocycles. The minimum atomic E-state index is -0.774. The maximum absolute atomic E-state index is 11.8. The maximum Gasteiger partial charge on any atom is 0.348 e. The standard InChI is InChI=1S/C12H18N2O4/c1-7-3-4-14(12(17)13-7)9-5-10(16)11(6-15)18-8(9)2/h3-4,8-11,15-16H,5-6H2,1-2H3. The fourth-order valence-electron chi connectivity index (χ4n) is 2.30. The molecule has 4 atom stereocenters. The summed E-state index contributed by atoms with van der Waals surface area (Å²) in [4.78, 5) is 15.7. The van der Waals surface area contributed by atoms with Crippen LogP contribution in [-0.4, -0.2) is 44.7 Å². The minimum Gasteiger partial charge on any atom is -0.394 e. The molecule has 0 aromatic carbocycles. The van der Waals surface area contributed by atoms with Gasteiger partial charge in [0.05, 0.1) is 24.9 Å². The Kier molecular flexibility index (Phi) is 3.79. The summed E-state index contributed by atoms with van der Waals surface area (Å²) in [6.07, 6.45) is 0.431. The molecule has 0 radical (unpaired) electrons. The fourth-order valence-corrected chi connectivity index (χ4v) is 2.30. The average Bonchev–Trinajstić information content (AvgIpc) is 2.32. The quantitative estimate of drug-likeness (QED) is 0.751. The molecule has 2 N–H and O–H groups in total. The topological polar surface area (TPSA) is 84.6 Å². The van der Waals surface area contributed by atoms with E-state index in [2.05, 4.69) is 4.98 Å². The lowest BCUT2D eigenvalue weighted by molar-refractivity contribution is -0.148. The van der Waals surface area contributed by atoms with Crippen LogP contribution in [0.15, 0.2) is 17.1 Å². The number of rotatable bonds is 2. The largest absolute Gasteiger partial charge is 0.394 e. The van der Waals surface area contributed by atoms with E-state index in [-0.39, 0.29) is 24.4 Å². The highest BCUT2D eigenvalue weighted by molar-refractivity contribution is 4.98. The van der Waals surface area contributed by atoms with Crippen LogP contribution in [0.3, 0.4) is 0 Å². The Labute approximate surface area is 105 Å². The highest BCUT2D eigenvalue weighted by Gasteiger charge is 2.35. The molecule has 1 saturated heterocycles. The van der Waals surface area contributed by atoms with Crippen LogP contribution in [0.5, 0.6) is 0 Å². The first kappa shape index (κ1) is 13.2. The number of hydrogen-bond donors (Lipinski definition) is 2. The second kappa shape index (κ2) is 5.17. The van der Waals surface area contributed by atoms with Gasteiger partial charge >= 0.3 is 5.69 Å². The molecule has 100 valence electrons. The zero-order valence-corrected chi connectivity index (χ0v) is 10.5. The molecule has 0 bridgehead atoms. The van der Waals surface area contributed by atoms with Crippen LogP contribution in [0.1, 0.15) is 25.1 Å². The van der Waals surface area contributed by atoms with Crippen molar-refractivity contribution in [2.45, 2.75) is 44.6 Å². The molecule has 0 spiro atoms. The SMILES string of the molecule is Cc1ccn(C2CC(O)C(CO)OC2C)c(=O)n1. The Bertz CT molecular complexity index is 473. The van der Waals surface area contributed by atoms with Gasteiger partial charge in [-0.3, -0.25) is 4.57 Å². The van der Waals surface area contributed by atoms with Gasteiger partial charge in [0, 0.05) is 11.9 Å². The Morgan fingerprint density at radius 3 is 2.94 bits per heavy atom. The van der Waals surface area contributed by atoms with Gasteiger partial charge in [0.25, 0.3) is 0 Å². The van der Waals surface area contributed by atoms with Crippen molar-refractivity contribution in [3.05, 3.63) is 28.4 Å². The van der Waals surface area contributed by atoms with E-state index in [0.717, 1.165) is 0 Å². The van der Waals surface area contributed by atoms with E-state index in [0.29, 0.717) is 12.1 Å². The van der Waals surface area contributed by atoms with Gasteiger partial charge in [-0.25, -0.2) is 4.79 Å². The first-order valence-corrected chi connectivity index (χ1v) is 6.03. The van der Waals surface area contributed by atoms with Crippen molar-refractivity contribution in [2.75, 3.05) is 6.61 Å². The van der Waals surface area contributed by atoms with Crippen LogP contribution in [0.2, 0.25) is 0 Å². The van der Waals surface area contributed by atoms with Crippen LogP contribution < -0.4 is 5.69 Å². The summed E-state index contributed by atoms with van der Waals surface area (Å²) < 4.78 is 6.99. The third kappa shape index (κ3) is 2.45. The summed E-state index contributed by atoms with van der Waals surface area (Å²) in [6.45, 7) is 3.36. The van der Waals surface area contributed by atoms with Gasteiger partial charge in [0.15, 0.2) is 0 Å². The monoisotopic (exact) mass is 254 g/mol. The molecule has 18 heavy (non-hydrogen) atoms. The molecule has 1 fully saturated rings. The molecule has 1 aliphatic heterocycles. The van der Waals surface area contributed by atoms with Crippen molar-refractivity contribution >= 4 is 0 Å². The van der Waals surface area contributed by atoms with Crippen LogP contribution in [-0.2, 0) is 4.74 Å². The predicted molar refractivity (Wildman–Crippen MR) is 64.3 cm³/mol. The van der Waals surface area contributed by atoms with Gasteiger partial charge in [0.1, 0.15) is 6.10 Å². The molecule has 1 aliphatic rings. The van der Waals surface area contributed by atoms with Crippen LogP contribution in [0.25, 0.3) is 0 Å². The van der Waals surface area contributed by atoms with Crippen LogP contribution in [0, 0.1) is 6.92 Å². The van der Waals surface area contributed by atoms with Gasteiger partial charge in [0.2, 0.25) is 0 Å². The number of nitrogens with zero attached hydrogens (tertiary/aromatic N) is 2. The summed E-state index contributed by atoms with van der Waals surface area (Å²) >= 11 is 0. The van der Waals surface area contributed by atoms with E-state index in [1.54, 1.807) is 19.2 Å². The van der Waals surface area contributed by atoms with Crippen LogP contribution >= 0.6 is 0 Å². The van der Waals surface area contributed by atoms with Crippen molar-refractivity contribution in [2.24, 2.45) is 0 Å². The average molecular weight is 254 g/mol. The van der Waals surface area contributed by atoms with E-state index in [1.165, 1.54) is 4.57 Å². The molecule has 1 aromatic heterocycles. The summed E-state index contributed by atoms with van der Waals surface area (Å²) in [6, 6.07) is 1.49. The van der Waals surface area contributed by atoms with E-state index >= 15 is 0 Å². The third-order valence-corrected chi connectivity index (χ3v) is 3.35. The number of aliphatic hydroxyl groups excluding tert-OH is 2. The number of hydrogen-bond acceptors (Lipinski definition) is 5. The third-order valence-electron chi connectivity index (χ3n) is 3.35. The van der Waals surface area contributed by atoms with Gasteiger partial charge in [-0.1, -0.05) is 0 Å². The second-order valence-corrected chi connectivity index (χ2v) is 4.69. The summed E-state index contributed by atoms with van der Waals surface area (Å²) in [5.74, 6) is 0. The highest BCUT2D eigenvalue weighted by Crippen LogP contribution is 2.28. The minimum absolute atomic E-state index is 0.223. The fraction of sp³-hybridized carbons (Fsp3) is 0.667. The van der Waals surface area contributed by atoms with Crippen LogP contribution in [0.4, 0.5) is 0 Å². The van der Waals surface area contributed by atoms with Crippen molar-refractivity contribution in [1.82, 2.24) is 9.55 Å². The zero-order chi connectivity index (χ0) is 13.3. The number of aromatic nitrogens is 2. The molecule has 2 rings (SSSR count). The number of ether oxygens (including phenoxy) is 1. The van der Waals surface area contributed by atoms with E-state index in [4.69, 9.17) is 9.84 Å². The van der Waals surface area contributed by atoms with Crippen molar-refractivity contribution in [1.29, 1.82) is 0 Å². The number of aryl methyl sites for hydroxylation is 1.